The standard InChI is InChI=1S/C20H22F3N3O/c21-20(22,23)17-9-15(12-24)10-18(11-17)25-19(27)16-5-3-4-14(8-16)13-26-6-1-2-7-26/h3-5,8-11H,1-2,6-7,12-13,24H2,(H,25,27). The van der Waals surface area contributed by atoms with Gasteiger partial charge in [-0.2, -0.15) is 13.2 Å². The molecule has 0 aromatic heterocycles. The maximum absolute atomic E-state index is 13.0. The van der Waals surface area contributed by atoms with Crippen molar-refractivity contribution in [1.82, 2.24) is 4.90 Å². The number of amides is 1. The van der Waals surface area contributed by atoms with Crippen LogP contribution in [0.1, 0.15) is 39.9 Å². The summed E-state index contributed by atoms with van der Waals surface area (Å²) in [6, 6.07) is 10.5. The van der Waals surface area contributed by atoms with E-state index >= 15 is 0 Å². The van der Waals surface area contributed by atoms with Crippen LogP contribution in [0.2, 0.25) is 0 Å². The zero-order valence-electron chi connectivity index (χ0n) is 14.9. The molecule has 1 aliphatic heterocycles. The molecule has 3 rings (SSSR count). The van der Waals surface area contributed by atoms with Crippen molar-refractivity contribution in [2.75, 3.05) is 18.4 Å². The highest BCUT2D eigenvalue weighted by molar-refractivity contribution is 6.04. The Hall–Kier alpha value is -2.38. The van der Waals surface area contributed by atoms with Crippen molar-refractivity contribution in [2.24, 2.45) is 5.73 Å². The molecule has 0 spiro atoms. The number of nitrogens with one attached hydrogen (secondary N) is 1. The second-order valence-corrected chi connectivity index (χ2v) is 6.76. The Kier molecular flexibility index (Phi) is 5.82. The molecular formula is C20H22F3N3O. The van der Waals surface area contributed by atoms with Gasteiger partial charge in [0, 0.05) is 24.3 Å². The van der Waals surface area contributed by atoms with E-state index in [2.05, 4.69) is 10.2 Å². The van der Waals surface area contributed by atoms with Crippen molar-refractivity contribution in [1.29, 1.82) is 0 Å². The van der Waals surface area contributed by atoms with Gasteiger partial charge in [-0.3, -0.25) is 9.69 Å². The van der Waals surface area contributed by atoms with Gasteiger partial charge in [0.15, 0.2) is 0 Å². The monoisotopic (exact) mass is 377 g/mol. The van der Waals surface area contributed by atoms with Gasteiger partial charge in [0.05, 0.1) is 5.56 Å². The summed E-state index contributed by atoms with van der Waals surface area (Å²) in [4.78, 5) is 14.8. The van der Waals surface area contributed by atoms with E-state index < -0.39 is 17.6 Å². The van der Waals surface area contributed by atoms with E-state index in [1.54, 1.807) is 18.2 Å². The molecule has 27 heavy (non-hydrogen) atoms. The number of halogens is 3. The number of nitrogens with zero attached hydrogens (tertiary/aromatic N) is 1. The molecule has 0 bridgehead atoms. The van der Waals surface area contributed by atoms with Crippen molar-refractivity contribution >= 4 is 11.6 Å². The Morgan fingerprint density at radius 2 is 1.81 bits per heavy atom. The molecule has 1 fully saturated rings. The Bertz CT molecular complexity index is 814. The van der Waals surface area contributed by atoms with E-state index in [9.17, 15) is 18.0 Å². The third kappa shape index (κ3) is 5.08. The number of carbonyl (C=O) groups is 1. The minimum absolute atomic E-state index is 0.0435. The molecule has 1 aliphatic rings. The predicted octanol–water partition coefficient (Wildman–Crippen LogP) is 4.01. The zero-order chi connectivity index (χ0) is 19.4. The minimum Gasteiger partial charge on any atom is -0.326 e. The van der Waals surface area contributed by atoms with E-state index in [1.165, 1.54) is 18.9 Å². The number of benzene rings is 2. The lowest BCUT2D eigenvalue weighted by molar-refractivity contribution is -0.137. The van der Waals surface area contributed by atoms with Crippen LogP contribution >= 0.6 is 0 Å². The van der Waals surface area contributed by atoms with Gasteiger partial charge < -0.3 is 11.1 Å². The topological polar surface area (TPSA) is 58.4 Å². The third-order valence-electron chi connectivity index (χ3n) is 4.61. The normalized spacial score (nSPS) is 15.1. The summed E-state index contributed by atoms with van der Waals surface area (Å²) >= 11 is 0. The molecule has 1 heterocycles. The largest absolute Gasteiger partial charge is 0.416 e. The first kappa shape index (κ1) is 19.4. The Balaban J connectivity index is 1.77. The van der Waals surface area contributed by atoms with Crippen LogP contribution in [0.4, 0.5) is 18.9 Å². The predicted molar refractivity (Wildman–Crippen MR) is 98.2 cm³/mol. The lowest BCUT2D eigenvalue weighted by Gasteiger charge is -2.15. The average molecular weight is 377 g/mol. The fraction of sp³-hybridized carbons (Fsp3) is 0.350. The molecule has 0 saturated carbocycles. The van der Waals surface area contributed by atoms with Gasteiger partial charge in [0.2, 0.25) is 0 Å². The third-order valence-corrected chi connectivity index (χ3v) is 4.61. The van der Waals surface area contributed by atoms with Crippen LogP contribution in [0, 0.1) is 0 Å². The Morgan fingerprint density at radius 1 is 1.07 bits per heavy atom. The first-order valence-corrected chi connectivity index (χ1v) is 8.89. The maximum atomic E-state index is 13.0. The molecule has 1 saturated heterocycles. The lowest BCUT2D eigenvalue weighted by Crippen LogP contribution is -2.19. The number of hydrogen-bond acceptors (Lipinski definition) is 3. The van der Waals surface area contributed by atoms with E-state index in [0.29, 0.717) is 11.1 Å². The maximum Gasteiger partial charge on any atom is 0.416 e. The summed E-state index contributed by atoms with van der Waals surface area (Å²) < 4.78 is 39.1. The molecule has 2 aromatic carbocycles. The zero-order valence-corrected chi connectivity index (χ0v) is 14.9. The van der Waals surface area contributed by atoms with E-state index in [4.69, 9.17) is 5.73 Å². The van der Waals surface area contributed by atoms with Gasteiger partial charge in [-0.05, 0) is 67.4 Å². The van der Waals surface area contributed by atoms with E-state index in [1.807, 2.05) is 6.07 Å². The first-order valence-electron chi connectivity index (χ1n) is 8.89. The van der Waals surface area contributed by atoms with Gasteiger partial charge in [-0.1, -0.05) is 12.1 Å². The molecule has 1 amide bonds. The fourth-order valence-corrected chi connectivity index (χ4v) is 3.26. The Labute approximate surface area is 156 Å². The number of rotatable bonds is 5. The van der Waals surface area contributed by atoms with Crippen molar-refractivity contribution in [3.63, 3.8) is 0 Å². The van der Waals surface area contributed by atoms with Crippen LogP contribution in [-0.4, -0.2) is 23.9 Å². The molecular weight excluding hydrogens is 355 g/mol. The number of nitrogens with two attached hydrogens (primary N) is 1. The van der Waals surface area contributed by atoms with Crippen LogP contribution < -0.4 is 11.1 Å². The average Bonchev–Trinajstić information content (AvgIpc) is 3.14. The van der Waals surface area contributed by atoms with Gasteiger partial charge in [0.1, 0.15) is 0 Å². The SMILES string of the molecule is NCc1cc(NC(=O)c2cccc(CN3CCCC3)c2)cc(C(F)(F)F)c1. The number of carbonyl (C=O) groups excluding carboxylic acids is 1. The molecule has 4 nitrogen and oxygen atoms in total. The van der Waals surface area contributed by atoms with Crippen molar-refractivity contribution in [3.05, 3.63) is 64.7 Å². The minimum atomic E-state index is -4.50. The van der Waals surface area contributed by atoms with Crippen LogP contribution in [0.3, 0.4) is 0 Å². The van der Waals surface area contributed by atoms with Crippen LogP contribution in [0.5, 0.6) is 0 Å². The van der Waals surface area contributed by atoms with Crippen molar-refractivity contribution < 1.29 is 18.0 Å². The smallest absolute Gasteiger partial charge is 0.326 e. The molecule has 0 unspecified atom stereocenters. The molecule has 7 heteroatoms. The molecule has 0 radical (unpaired) electrons. The van der Waals surface area contributed by atoms with Crippen molar-refractivity contribution in [2.45, 2.75) is 32.1 Å². The first-order chi connectivity index (χ1) is 12.8. The van der Waals surface area contributed by atoms with E-state index in [0.717, 1.165) is 37.3 Å². The van der Waals surface area contributed by atoms with Crippen molar-refractivity contribution in [3.8, 4) is 0 Å². The second kappa shape index (κ2) is 8.10. The summed E-state index contributed by atoms with van der Waals surface area (Å²) in [6.07, 6.45) is -2.14. The van der Waals surface area contributed by atoms with Crippen LogP contribution in [0.25, 0.3) is 0 Å². The summed E-state index contributed by atoms with van der Waals surface area (Å²) in [5.74, 6) is -0.444. The summed E-state index contributed by atoms with van der Waals surface area (Å²) in [6.45, 7) is 2.81. The number of likely N-dealkylation sites (tertiary alicyclic amines) is 1. The molecule has 0 atom stereocenters. The highest BCUT2D eigenvalue weighted by atomic mass is 19.4. The molecule has 0 aliphatic carbocycles. The van der Waals surface area contributed by atoms with Gasteiger partial charge in [-0.25, -0.2) is 0 Å². The highest BCUT2D eigenvalue weighted by Gasteiger charge is 2.31. The van der Waals surface area contributed by atoms with Gasteiger partial charge >= 0.3 is 6.18 Å². The summed E-state index contributed by atoms with van der Waals surface area (Å²) in [5.41, 5.74) is 6.47. The second-order valence-electron chi connectivity index (χ2n) is 6.76. The quantitative estimate of drug-likeness (QED) is 0.828. The summed E-state index contributed by atoms with van der Waals surface area (Å²) in [7, 11) is 0. The molecule has 2 aromatic rings. The molecule has 144 valence electrons. The fourth-order valence-electron chi connectivity index (χ4n) is 3.26. The van der Waals surface area contributed by atoms with Gasteiger partial charge in [-0.15, -0.1) is 0 Å². The van der Waals surface area contributed by atoms with E-state index in [-0.39, 0.29) is 12.2 Å². The van der Waals surface area contributed by atoms with Gasteiger partial charge in [0.25, 0.3) is 5.91 Å². The van der Waals surface area contributed by atoms with Crippen LogP contribution in [-0.2, 0) is 19.3 Å². The number of anilines is 1. The molecule has 3 N–H and O–H groups in total. The number of hydrogen-bond donors (Lipinski definition) is 2. The number of alkyl halides is 3. The highest BCUT2D eigenvalue weighted by Crippen LogP contribution is 2.32. The van der Waals surface area contributed by atoms with Crippen LogP contribution in [0.15, 0.2) is 42.5 Å². The summed E-state index contributed by atoms with van der Waals surface area (Å²) in [5, 5.41) is 2.56. The lowest BCUT2D eigenvalue weighted by atomic mass is 10.1. The Morgan fingerprint density at radius 3 is 2.48 bits per heavy atom.